The summed E-state index contributed by atoms with van der Waals surface area (Å²) in [6.07, 6.45) is -0.869. The molecule has 0 aliphatic heterocycles. The van der Waals surface area contributed by atoms with Crippen molar-refractivity contribution in [1.29, 1.82) is 0 Å². The summed E-state index contributed by atoms with van der Waals surface area (Å²) in [5, 5.41) is 0.594. The highest BCUT2D eigenvalue weighted by atomic mass is 35.5. The van der Waals surface area contributed by atoms with Gasteiger partial charge in [0, 0.05) is 5.02 Å². The van der Waals surface area contributed by atoms with Gasteiger partial charge in [-0.15, -0.1) is 0 Å². The van der Waals surface area contributed by atoms with Gasteiger partial charge in [0.05, 0.1) is 5.56 Å². The lowest BCUT2D eigenvalue weighted by atomic mass is 10.2. The van der Waals surface area contributed by atoms with E-state index in [4.69, 9.17) is 16.3 Å². The Morgan fingerprint density at radius 2 is 1.88 bits per heavy atom. The van der Waals surface area contributed by atoms with Crippen molar-refractivity contribution < 1.29 is 18.7 Å². The average molecular weight is 351 g/mol. The maximum atomic E-state index is 13.5. The number of benzene rings is 2. The summed E-state index contributed by atoms with van der Waals surface area (Å²) in [5.41, 5.74) is 4.99. The highest BCUT2D eigenvalue weighted by molar-refractivity contribution is 6.31. The van der Waals surface area contributed by atoms with Crippen LogP contribution < -0.4 is 15.6 Å². The summed E-state index contributed by atoms with van der Waals surface area (Å²) in [4.78, 5) is 23.8. The molecule has 7 heteroatoms. The SMILES string of the molecule is Cc1cc(OC(C)C(=O)NNC(=O)c2ccccc2F)ccc1Cl. The molecule has 0 radical (unpaired) electrons. The van der Waals surface area contributed by atoms with Gasteiger partial charge in [-0.1, -0.05) is 23.7 Å². The van der Waals surface area contributed by atoms with Gasteiger partial charge in [-0.25, -0.2) is 4.39 Å². The number of ether oxygens (including phenoxy) is 1. The summed E-state index contributed by atoms with van der Waals surface area (Å²) >= 11 is 5.92. The van der Waals surface area contributed by atoms with Crippen molar-refractivity contribution >= 4 is 23.4 Å². The van der Waals surface area contributed by atoms with Crippen LogP contribution in [0.25, 0.3) is 0 Å². The van der Waals surface area contributed by atoms with Gasteiger partial charge in [0.25, 0.3) is 11.8 Å². The monoisotopic (exact) mass is 350 g/mol. The van der Waals surface area contributed by atoms with Gasteiger partial charge in [-0.3, -0.25) is 20.4 Å². The first-order valence-corrected chi connectivity index (χ1v) is 7.54. The summed E-state index contributed by atoms with van der Waals surface area (Å²) in [6, 6.07) is 10.5. The van der Waals surface area contributed by atoms with E-state index in [-0.39, 0.29) is 5.56 Å². The molecule has 0 aliphatic rings. The smallest absolute Gasteiger partial charge is 0.279 e. The Morgan fingerprint density at radius 1 is 1.17 bits per heavy atom. The molecule has 2 aromatic carbocycles. The van der Waals surface area contributed by atoms with Crippen LogP contribution in [0.2, 0.25) is 5.02 Å². The fourth-order valence-electron chi connectivity index (χ4n) is 1.88. The first-order chi connectivity index (χ1) is 11.4. The Balaban J connectivity index is 1.91. The van der Waals surface area contributed by atoms with Crippen molar-refractivity contribution in [3.63, 3.8) is 0 Å². The molecule has 0 heterocycles. The third kappa shape index (κ3) is 4.45. The van der Waals surface area contributed by atoms with Gasteiger partial charge in [-0.05, 0) is 49.7 Å². The lowest BCUT2D eigenvalue weighted by Crippen LogP contribution is -2.47. The van der Waals surface area contributed by atoms with Crippen molar-refractivity contribution in [1.82, 2.24) is 10.9 Å². The molecule has 2 aromatic rings. The Morgan fingerprint density at radius 3 is 2.54 bits per heavy atom. The van der Waals surface area contributed by atoms with E-state index in [1.807, 2.05) is 6.92 Å². The first kappa shape index (κ1) is 17.7. The number of carbonyl (C=O) groups is 2. The number of hydrogen-bond acceptors (Lipinski definition) is 3. The topological polar surface area (TPSA) is 67.4 Å². The van der Waals surface area contributed by atoms with E-state index in [0.717, 1.165) is 11.6 Å². The van der Waals surface area contributed by atoms with Gasteiger partial charge in [-0.2, -0.15) is 0 Å². The lowest BCUT2D eigenvalue weighted by molar-refractivity contribution is -0.128. The molecule has 1 atom stereocenters. The van der Waals surface area contributed by atoms with E-state index in [9.17, 15) is 14.0 Å². The molecule has 2 amide bonds. The second-order valence-corrected chi connectivity index (χ2v) is 5.50. The lowest BCUT2D eigenvalue weighted by Gasteiger charge is -2.15. The second-order valence-electron chi connectivity index (χ2n) is 5.09. The molecule has 24 heavy (non-hydrogen) atoms. The molecule has 126 valence electrons. The fraction of sp³-hybridized carbons (Fsp3) is 0.176. The van der Waals surface area contributed by atoms with Crippen LogP contribution in [-0.2, 0) is 4.79 Å². The molecule has 0 fully saturated rings. The average Bonchev–Trinajstić information content (AvgIpc) is 2.56. The number of halogens is 2. The van der Waals surface area contributed by atoms with E-state index in [2.05, 4.69) is 10.9 Å². The van der Waals surface area contributed by atoms with Crippen LogP contribution in [-0.4, -0.2) is 17.9 Å². The van der Waals surface area contributed by atoms with Gasteiger partial charge in [0.2, 0.25) is 0 Å². The molecule has 0 bridgehead atoms. The van der Waals surface area contributed by atoms with Crippen LogP contribution in [0.5, 0.6) is 5.75 Å². The number of hydrogen-bond donors (Lipinski definition) is 2. The van der Waals surface area contributed by atoms with Crippen LogP contribution >= 0.6 is 11.6 Å². The van der Waals surface area contributed by atoms with Crippen molar-refractivity contribution in [2.75, 3.05) is 0 Å². The summed E-state index contributed by atoms with van der Waals surface area (Å²) in [5.74, 6) is -1.53. The molecule has 0 aromatic heterocycles. The molecule has 5 nitrogen and oxygen atoms in total. The molecule has 1 unspecified atom stereocenters. The minimum atomic E-state index is -0.869. The van der Waals surface area contributed by atoms with E-state index in [1.54, 1.807) is 18.2 Å². The third-order valence-electron chi connectivity index (χ3n) is 3.23. The van der Waals surface area contributed by atoms with E-state index < -0.39 is 23.7 Å². The Kier molecular flexibility index (Phi) is 5.76. The summed E-state index contributed by atoms with van der Waals surface area (Å²) in [7, 11) is 0. The second kappa shape index (κ2) is 7.79. The van der Waals surface area contributed by atoms with Crippen molar-refractivity contribution in [3.05, 3.63) is 64.4 Å². The molecule has 0 saturated carbocycles. The van der Waals surface area contributed by atoms with E-state index in [1.165, 1.54) is 25.1 Å². The number of carbonyl (C=O) groups excluding carboxylic acids is 2. The molecule has 0 aliphatic carbocycles. The third-order valence-corrected chi connectivity index (χ3v) is 3.65. The highest BCUT2D eigenvalue weighted by Crippen LogP contribution is 2.21. The molecule has 2 rings (SSSR count). The normalized spacial score (nSPS) is 11.5. The maximum absolute atomic E-state index is 13.5. The minimum Gasteiger partial charge on any atom is -0.481 e. The van der Waals surface area contributed by atoms with Crippen molar-refractivity contribution in [3.8, 4) is 5.75 Å². The molecular formula is C17H16ClFN2O3. The zero-order valence-corrected chi connectivity index (χ0v) is 13.9. The molecule has 0 saturated heterocycles. The Bertz CT molecular complexity index is 767. The predicted octanol–water partition coefficient (Wildman–Crippen LogP) is 3.02. The highest BCUT2D eigenvalue weighted by Gasteiger charge is 2.17. The first-order valence-electron chi connectivity index (χ1n) is 7.16. The predicted molar refractivity (Wildman–Crippen MR) is 88.3 cm³/mol. The van der Waals surface area contributed by atoms with E-state index in [0.29, 0.717) is 10.8 Å². The fourth-order valence-corrected chi connectivity index (χ4v) is 2.00. The van der Waals surface area contributed by atoms with Crippen molar-refractivity contribution in [2.45, 2.75) is 20.0 Å². The number of rotatable bonds is 4. The van der Waals surface area contributed by atoms with Crippen molar-refractivity contribution in [2.24, 2.45) is 0 Å². The zero-order chi connectivity index (χ0) is 17.7. The Hall–Kier alpha value is -2.60. The molecular weight excluding hydrogens is 335 g/mol. The number of amides is 2. The van der Waals surface area contributed by atoms with Crippen LogP contribution in [0, 0.1) is 12.7 Å². The van der Waals surface area contributed by atoms with Crippen LogP contribution in [0.1, 0.15) is 22.8 Å². The van der Waals surface area contributed by atoms with E-state index >= 15 is 0 Å². The standard InChI is InChI=1S/C17H16ClFN2O3/c1-10-9-12(7-8-14(10)18)24-11(2)16(22)20-21-17(23)13-5-3-4-6-15(13)19/h3-9,11H,1-2H3,(H,20,22)(H,21,23). The van der Waals surface area contributed by atoms with Gasteiger partial charge >= 0.3 is 0 Å². The summed E-state index contributed by atoms with van der Waals surface area (Å²) in [6.45, 7) is 3.34. The summed E-state index contributed by atoms with van der Waals surface area (Å²) < 4.78 is 18.9. The van der Waals surface area contributed by atoms with Crippen LogP contribution in [0.15, 0.2) is 42.5 Å². The molecule has 0 spiro atoms. The number of nitrogens with one attached hydrogen (secondary N) is 2. The Labute approximate surface area is 143 Å². The quantitative estimate of drug-likeness (QED) is 0.833. The van der Waals surface area contributed by atoms with Gasteiger partial charge < -0.3 is 4.74 Å². The van der Waals surface area contributed by atoms with Gasteiger partial charge in [0.15, 0.2) is 6.10 Å². The number of hydrazine groups is 1. The zero-order valence-electron chi connectivity index (χ0n) is 13.1. The van der Waals surface area contributed by atoms with Crippen LogP contribution in [0.3, 0.4) is 0 Å². The maximum Gasteiger partial charge on any atom is 0.279 e. The van der Waals surface area contributed by atoms with Gasteiger partial charge in [0.1, 0.15) is 11.6 Å². The molecule has 2 N–H and O–H groups in total. The largest absolute Gasteiger partial charge is 0.481 e. The van der Waals surface area contributed by atoms with Crippen LogP contribution in [0.4, 0.5) is 4.39 Å². The minimum absolute atomic E-state index is 0.167. The number of aryl methyl sites for hydroxylation is 1.